The number of rotatable bonds is 5. The molecular weight excluding hydrogens is 605 g/mol. The predicted molar refractivity (Wildman–Crippen MR) is 216 cm³/mol. The van der Waals surface area contributed by atoms with Crippen molar-refractivity contribution in [1.29, 1.82) is 0 Å². The van der Waals surface area contributed by atoms with Crippen LogP contribution in [0, 0.1) is 0 Å². The van der Waals surface area contributed by atoms with Crippen molar-refractivity contribution in [3.63, 3.8) is 0 Å². The second kappa shape index (κ2) is 12.1. The third kappa shape index (κ3) is 4.65. The zero-order valence-electron chi connectivity index (χ0n) is 27.6. The molecule has 236 valence electrons. The summed E-state index contributed by atoms with van der Waals surface area (Å²) in [5.74, 6) is 0. The van der Waals surface area contributed by atoms with Crippen LogP contribution in [0.1, 0.15) is 11.3 Å². The Balaban J connectivity index is 1.23. The van der Waals surface area contributed by atoms with Crippen molar-refractivity contribution in [3.8, 4) is 22.5 Å². The molecule has 2 heteroatoms. The van der Waals surface area contributed by atoms with Gasteiger partial charge in [0.1, 0.15) is 0 Å². The van der Waals surface area contributed by atoms with Gasteiger partial charge in [-0.3, -0.25) is 0 Å². The molecule has 0 spiro atoms. The van der Waals surface area contributed by atoms with Crippen molar-refractivity contribution in [1.82, 2.24) is 9.13 Å². The van der Waals surface area contributed by atoms with Crippen molar-refractivity contribution < 1.29 is 0 Å². The maximum absolute atomic E-state index is 4.34. The summed E-state index contributed by atoms with van der Waals surface area (Å²) in [6, 6.07) is 61.0. The van der Waals surface area contributed by atoms with Crippen molar-refractivity contribution >= 4 is 66.4 Å². The summed E-state index contributed by atoms with van der Waals surface area (Å²) in [6.07, 6.45) is 3.92. The molecule has 0 bridgehead atoms. The molecule has 0 saturated heterocycles. The Morgan fingerprint density at radius 3 is 1.12 bits per heavy atom. The van der Waals surface area contributed by atoms with E-state index in [2.05, 4.69) is 192 Å². The van der Waals surface area contributed by atoms with Crippen LogP contribution in [0.25, 0.3) is 88.9 Å². The third-order valence-electron chi connectivity index (χ3n) is 9.95. The fourth-order valence-electron chi connectivity index (χ4n) is 7.69. The average Bonchev–Trinajstić information content (AvgIpc) is 3.54. The second-order valence-corrected chi connectivity index (χ2v) is 12.6. The SMILES string of the molecule is C=Cc1c(C=C)n(-c2ccc(-c3ccc(-n4c5ccccc5c5ccccc54)cc3)cc2)c2ccccc2c2ccccc2c2ccccc12. The Labute approximate surface area is 291 Å². The van der Waals surface area contributed by atoms with Gasteiger partial charge in [0, 0.05) is 33.1 Å². The molecule has 0 aliphatic heterocycles. The van der Waals surface area contributed by atoms with Crippen LogP contribution in [0.4, 0.5) is 0 Å². The zero-order chi connectivity index (χ0) is 33.6. The van der Waals surface area contributed by atoms with E-state index in [4.69, 9.17) is 0 Å². The first-order valence-electron chi connectivity index (χ1n) is 17.0. The smallest absolute Gasteiger partial charge is 0.0541 e. The number of hydrogen-bond acceptors (Lipinski definition) is 0. The van der Waals surface area contributed by atoms with E-state index in [0.29, 0.717) is 0 Å². The molecule has 50 heavy (non-hydrogen) atoms. The van der Waals surface area contributed by atoms with Gasteiger partial charge in [-0.25, -0.2) is 0 Å². The lowest BCUT2D eigenvalue weighted by Gasteiger charge is -2.16. The monoisotopic (exact) mass is 638 g/mol. The van der Waals surface area contributed by atoms with Gasteiger partial charge in [0.25, 0.3) is 0 Å². The number of para-hydroxylation sites is 3. The standard InChI is InChI=1S/C48H34N2/c1-3-37-38-15-5-6-16-39(38)40-17-7-8-18-41(40)42-19-9-12-22-46(42)49(45(37)4-2)35-29-25-33(26-30-35)34-27-31-36(32-28-34)50-47-23-13-10-20-43(47)44-21-11-14-24-48(44)50/h3-32H,1-2H2. The predicted octanol–water partition coefficient (Wildman–Crippen LogP) is 13.1. The Bertz CT molecular complexity index is 2770. The first-order valence-corrected chi connectivity index (χ1v) is 17.0. The molecule has 0 aliphatic rings. The molecule has 0 N–H and O–H groups in total. The maximum Gasteiger partial charge on any atom is 0.0541 e. The normalized spacial score (nSPS) is 11.4. The first-order chi connectivity index (χ1) is 24.7. The van der Waals surface area contributed by atoms with Crippen molar-refractivity contribution in [2.75, 3.05) is 0 Å². The fourth-order valence-corrected chi connectivity index (χ4v) is 7.69. The highest BCUT2D eigenvalue weighted by Gasteiger charge is 2.14. The Kier molecular flexibility index (Phi) is 7.14. The van der Waals surface area contributed by atoms with Crippen LogP contribution >= 0.6 is 0 Å². The van der Waals surface area contributed by atoms with E-state index >= 15 is 0 Å². The van der Waals surface area contributed by atoms with Gasteiger partial charge in [-0.05, 0) is 81.2 Å². The van der Waals surface area contributed by atoms with Gasteiger partial charge < -0.3 is 9.13 Å². The van der Waals surface area contributed by atoms with Crippen molar-refractivity contribution in [3.05, 3.63) is 194 Å². The number of nitrogens with zero attached hydrogens (tertiary/aromatic N) is 2. The van der Waals surface area contributed by atoms with Crippen LogP contribution in [0.3, 0.4) is 0 Å². The maximum atomic E-state index is 4.34. The lowest BCUT2D eigenvalue weighted by Crippen LogP contribution is -2.02. The largest absolute Gasteiger partial charge is 0.309 e. The molecule has 0 amide bonds. The highest BCUT2D eigenvalue weighted by atomic mass is 15.0. The zero-order valence-corrected chi connectivity index (χ0v) is 27.6. The van der Waals surface area contributed by atoms with Crippen LogP contribution in [-0.2, 0) is 0 Å². The molecule has 0 radical (unpaired) electrons. The highest BCUT2D eigenvalue weighted by molar-refractivity contribution is 6.15. The molecular formula is C48H34N2. The summed E-state index contributed by atoms with van der Waals surface area (Å²) >= 11 is 0. The molecule has 2 aromatic heterocycles. The molecule has 0 aliphatic carbocycles. The topological polar surface area (TPSA) is 9.86 Å². The second-order valence-electron chi connectivity index (χ2n) is 12.6. The first kappa shape index (κ1) is 29.5. The van der Waals surface area contributed by atoms with Crippen LogP contribution in [0.2, 0.25) is 0 Å². The molecule has 2 heterocycles. The number of fused-ring (bicyclic) bond motifs is 8. The fraction of sp³-hybridized carbons (Fsp3) is 0. The van der Waals surface area contributed by atoms with Crippen LogP contribution in [-0.4, -0.2) is 9.13 Å². The van der Waals surface area contributed by atoms with Gasteiger partial charge >= 0.3 is 0 Å². The molecule has 0 saturated carbocycles. The highest BCUT2D eigenvalue weighted by Crippen LogP contribution is 2.35. The lowest BCUT2D eigenvalue weighted by molar-refractivity contribution is 1.09. The van der Waals surface area contributed by atoms with E-state index in [-0.39, 0.29) is 0 Å². The minimum Gasteiger partial charge on any atom is -0.309 e. The minimum absolute atomic E-state index is 0.982. The minimum atomic E-state index is 0.982. The van der Waals surface area contributed by atoms with Gasteiger partial charge in [0.15, 0.2) is 0 Å². The van der Waals surface area contributed by atoms with E-state index in [1.807, 2.05) is 12.2 Å². The van der Waals surface area contributed by atoms with Crippen molar-refractivity contribution in [2.45, 2.75) is 0 Å². The third-order valence-corrected chi connectivity index (χ3v) is 9.95. The Morgan fingerprint density at radius 2 is 0.660 bits per heavy atom. The van der Waals surface area contributed by atoms with Crippen LogP contribution in [0.15, 0.2) is 183 Å². The van der Waals surface area contributed by atoms with Crippen LogP contribution < -0.4 is 0 Å². The van der Waals surface area contributed by atoms with Gasteiger partial charge in [-0.1, -0.05) is 147 Å². The molecule has 0 fully saturated rings. The molecule has 9 aromatic rings. The van der Waals surface area contributed by atoms with Gasteiger partial charge in [-0.15, -0.1) is 0 Å². The van der Waals surface area contributed by atoms with E-state index in [0.717, 1.165) is 44.5 Å². The average molecular weight is 639 g/mol. The Hall–Kier alpha value is -6.64. The summed E-state index contributed by atoms with van der Waals surface area (Å²) < 4.78 is 4.68. The molecule has 0 atom stereocenters. The quantitative estimate of drug-likeness (QED) is 0.178. The molecule has 9 rings (SSSR count). The van der Waals surface area contributed by atoms with Crippen LogP contribution in [0.5, 0.6) is 0 Å². The van der Waals surface area contributed by atoms with E-state index in [1.54, 1.807) is 0 Å². The summed E-state index contributed by atoms with van der Waals surface area (Å²) in [7, 11) is 0. The van der Waals surface area contributed by atoms with E-state index in [1.165, 1.54) is 43.5 Å². The van der Waals surface area contributed by atoms with E-state index in [9.17, 15) is 0 Å². The molecule has 7 aromatic carbocycles. The summed E-state index contributed by atoms with van der Waals surface area (Å²) in [6.45, 7) is 8.64. The van der Waals surface area contributed by atoms with Gasteiger partial charge in [-0.2, -0.15) is 0 Å². The Morgan fingerprint density at radius 1 is 0.320 bits per heavy atom. The van der Waals surface area contributed by atoms with Gasteiger partial charge in [0.05, 0.1) is 22.2 Å². The number of aromatic nitrogens is 2. The van der Waals surface area contributed by atoms with Crippen molar-refractivity contribution in [2.24, 2.45) is 0 Å². The summed E-state index contributed by atoms with van der Waals surface area (Å²) in [4.78, 5) is 0. The summed E-state index contributed by atoms with van der Waals surface area (Å²) in [5.41, 5.74) is 10.1. The lowest BCUT2D eigenvalue weighted by atomic mass is 10.0. The molecule has 0 unspecified atom stereocenters. The van der Waals surface area contributed by atoms with E-state index < -0.39 is 0 Å². The summed E-state index contributed by atoms with van der Waals surface area (Å²) in [5, 5.41) is 8.38. The van der Waals surface area contributed by atoms with Gasteiger partial charge in [0.2, 0.25) is 0 Å². The molecule has 2 nitrogen and oxygen atoms in total. The number of hydrogen-bond donors (Lipinski definition) is 0. The number of benzene rings is 7.